The number of hydrogen-bond acceptors (Lipinski definition) is 3. The van der Waals surface area contributed by atoms with Crippen LogP contribution >= 0.6 is 0 Å². The molecule has 0 bridgehead atoms. The molecule has 0 spiro atoms. The van der Waals surface area contributed by atoms with E-state index in [-0.39, 0.29) is 11.6 Å². The van der Waals surface area contributed by atoms with Crippen LogP contribution in [-0.2, 0) is 6.54 Å². The Bertz CT molecular complexity index is 647. The van der Waals surface area contributed by atoms with E-state index in [0.717, 1.165) is 0 Å². The first-order chi connectivity index (χ1) is 9.54. The lowest BCUT2D eigenvalue weighted by Crippen LogP contribution is -2.21. The summed E-state index contributed by atoms with van der Waals surface area (Å²) in [6.45, 7) is 4.07. The Morgan fingerprint density at radius 2 is 1.95 bits per heavy atom. The quantitative estimate of drug-likeness (QED) is 0.885. The third-order valence-electron chi connectivity index (χ3n) is 2.93. The summed E-state index contributed by atoms with van der Waals surface area (Å²) in [7, 11) is 0. The van der Waals surface area contributed by atoms with E-state index >= 15 is 0 Å². The molecule has 6 nitrogen and oxygen atoms in total. The zero-order valence-electron chi connectivity index (χ0n) is 11.4. The average molecular weight is 272 g/mol. The molecule has 1 heterocycles. The van der Waals surface area contributed by atoms with Gasteiger partial charge in [-0.15, -0.1) is 0 Å². The predicted octanol–water partition coefficient (Wildman–Crippen LogP) is 1.56. The smallest absolute Gasteiger partial charge is 0.269 e. The number of primary amides is 1. The summed E-state index contributed by atoms with van der Waals surface area (Å²) in [4.78, 5) is 23.7. The normalized spacial score (nSPS) is 10.3. The lowest BCUT2D eigenvalue weighted by atomic mass is 10.2. The van der Waals surface area contributed by atoms with Crippen LogP contribution in [0.1, 0.15) is 33.5 Å². The Morgan fingerprint density at radius 3 is 2.50 bits per heavy atom. The van der Waals surface area contributed by atoms with Gasteiger partial charge in [-0.25, -0.2) is 0 Å². The Labute approximate surface area is 116 Å². The van der Waals surface area contributed by atoms with Gasteiger partial charge in [0.15, 0.2) is 0 Å². The van der Waals surface area contributed by atoms with Crippen LogP contribution in [0.2, 0.25) is 0 Å². The van der Waals surface area contributed by atoms with Crippen molar-refractivity contribution >= 4 is 17.5 Å². The summed E-state index contributed by atoms with van der Waals surface area (Å²) in [6.07, 6.45) is 0. The molecule has 0 aliphatic heterocycles. The number of nitrogens with two attached hydrogens (primary N) is 1. The number of hydrogen-bond donors (Lipinski definition) is 2. The van der Waals surface area contributed by atoms with Gasteiger partial charge >= 0.3 is 0 Å². The third-order valence-corrected chi connectivity index (χ3v) is 2.93. The number of rotatable bonds is 4. The largest absolute Gasteiger partial charge is 0.364 e. The van der Waals surface area contributed by atoms with E-state index in [4.69, 9.17) is 5.73 Å². The molecular formula is C14H16N4O2. The molecule has 3 N–H and O–H groups in total. The summed E-state index contributed by atoms with van der Waals surface area (Å²) in [5, 5.41) is 6.91. The Morgan fingerprint density at radius 1 is 1.30 bits per heavy atom. The SMILES string of the molecule is CCn1nc(C)c(NC(=O)c2ccccc2)c1C(N)=O. The molecule has 0 atom stereocenters. The molecule has 0 saturated carbocycles. The highest BCUT2D eigenvalue weighted by Crippen LogP contribution is 2.21. The molecule has 0 fully saturated rings. The van der Waals surface area contributed by atoms with Crippen molar-refractivity contribution in [3.8, 4) is 0 Å². The van der Waals surface area contributed by atoms with E-state index in [1.54, 1.807) is 31.2 Å². The highest BCUT2D eigenvalue weighted by molar-refractivity contribution is 6.08. The number of anilines is 1. The van der Waals surface area contributed by atoms with Crippen LogP contribution in [0, 0.1) is 6.92 Å². The number of carbonyl (C=O) groups excluding carboxylic acids is 2. The summed E-state index contributed by atoms with van der Waals surface area (Å²) in [5.41, 5.74) is 7.02. The monoisotopic (exact) mass is 272 g/mol. The molecule has 20 heavy (non-hydrogen) atoms. The fourth-order valence-electron chi connectivity index (χ4n) is 1.99. The lowest BCUT2D eigenvalue weighted by Gasteiger charge is -2.07. The van der Waals surface area contributed by atoms with Crippen molar-refractivity contribution in [2.45, 2.75) is 20.4 Å². The van der Waals surface area contributed by atoms with Crippen LogP contribution in [0.25, 0.3) is 0 Å². The van der Waals surface area contributed by atoms with Crippen molar-refractivity contribution < 1.29 is 9.59 Å². The van der Waals surface area contributed by atoms with Crippen molar-refractivity contribution in [2.75, 3.05) is 5.32 Å². The summed E-state index contributed by atoms with van der Waals surface area (Å²) >= 11 is 0. The minimum atomic E-state index is -0.615. The number of amides is 2. The molecule has 1 aromatic carbocycles. The molecule has 0 unspecified atom stereocenters. The van der Waals surface area contributed by atoms with Crippen molar-refractivity contribution in [2.24, 2.45) is 5.73 Å². The predicted molar refractivity (Wildman–Crippen MR) is 75.6 cm³/mol. The first kappa shape index (κ1) is 13.8. The first-order valence-electron chi connectivity index (χ1n) is 6.28. The maximum absolute atomic E-state index is 12.1. The van der Waals surface area contributed by atoms with E-state index in [1.165, 1.54) is 4.68 Å². The minimum absolute atomic E-state index is 0.217. The van der Waals surface area contributed by atoms with Crippen LogP contribution in [0.3, 0.4) is 0 Å². The maximum Gasteiger partial charge on any atom is 0.269 e. The van der Waals surface area contributed by atoms with Gasteiger partial charge in [0.1, 0.15) is 5.69 Å². The molecule has 2 amide bonds. The second kappa shape index (κ2) is 5.56. The Hall–Kier alpha value is -2.63. The molecule has 0 radical (unpaired) electrons. The highest BCUT2D eigenvalue weighted by atomic mass is 16.2. The molecule has 1 aromatic heterocycles. The zero-order valence-corrected chi connectivity index (χ0v) is 11.4. The van der Waals surface area contributed by atoms with Crippen molar-refractivity contribution in [1.82, 2.24) is 9.78 Å². The van der Waals surface area contributed by atoms with E-state index in [1.807, 2.05) is 13.0 Å². The molecule has 2 rings (SSSR count). The van der Waals surface area contributed by atoms with Crippen molar-refractivity contribution in [1.29, 1.82) is 0 Å². The molecule has 0 aliphatic rings. The topological polar surface area (TPSA) is 90.0 Å². The molecule has 0 aliphatic carbocycles. The van der Waals surface area contributed by atoms with Crippen LogP contribution in [-0.4, -0.2) is 21.6 Å². The summed E-state index contributed by atoms with van der Waals surface area (Å²) < 4.78 is 1.48. The van der Waals surface area contributed by atoms with Crippen LogP contribution < -0.4 is 11.1 Å². The number of nitrogens with one attached hydrogen (secondary N) is 1. The van der Waals surface area contributed by atoms with Gasteiger partial charge in [0.25, 0.3) is 11.8 Å². The van der Waals surface area contributed by atoms with E-state index < -0.39 is 5.91 Å². The number of nitrogens with zero attached hydrogens (tertiary/aromatic N) is 2. The number of aryl methyl sites for hydroxylation is 2. The summed E-state index contributed by atoms with van der Waals surface area (Å²) in [6, 6.07) is 8.75. The highest BCUT2D eigenvalue weighted by Gasteiger charge is 2.21. The minimum Gasteiger partial charge on any atom is -0.364 e. The molecule has 6 heteroatoms. The second-order valence-corrected chi connectivity index (χ2v) is 4.31. The number of aromatic nitrogens is 2. The number of carbonyl (C=O) groups is 2. The lowest BCUT2D eigenvalue weighted by molar-refractivity contribution is 0.0991. The Kier molecular flexibility index (Phi) is 3.84. The first-order valence-corrected chi connectivity index (χ1v) is 6.28. The van der Waals surface area contributed by atoms with Crippen molar-refractivity contribution in [3.63, 3.8) is 0 Å². The number of benzene rings is 1. The molecule has 104 valence electrons. The molecule has 2 aromatic rings. The van der Waals surface area contributed by atoms with Crippen LogP contribution in [0.5, 0.6) is 0 Å². The molecule has 0 saturated heterocycles. The van der Waals surface area contributed by atoms with E-state index in [0.29, 0.717) is 23.5 Å². The fraction of sp³-hybridized carbons (Fsp3) is 0.214. The standard InChI is InChI=1S/C14H16N4O2/c1-3-18-12(13(15)19)11(9(2)17-18)16-14(20)10-7-5-4-6-8-10/h4-8H,3H2,1-2H3,(H2,15,19)(H,16,20). The van der Waals surface area contributed by atoms with E-state index in [9.17, 15) is 9.59 Å². The molecular weight excluding hydrogens is 256 g/mol. The summed E-state index contributed by atoms with van der Waals surface area (Å²) in [5.74, 6) is -0.914. The van der Waals surface area contributed by atoms with Crippen LogP contribution in [0.15, 0.2) is 30.3 Å². The van der Waals surface area contributed by atoms with Gasteiger partial charge in [-0.1, -0.05) is 18.2 Å². The van der Waals surface area contributed by atoms with Gasteiger partial charge in [-0.3, -0.25) is 14.3 Å². The van der Waals surface area contributed by atoms with Gasteiger partial charge < -0.3 is 11.1 Å². The Balaban J connectivity index is 2.37. The van der Waals surface area contributed by atoms with Gasteiger partial charge in [0.05, 0.1) is 11.4 Å². The fourth-order valence-corrected chi connectivity index (χ4v) is 1.99. The van der Waals surface area contributed by atoms with Gasteiger partial charge in [0.2, 0.25) is 0 Å². The maximum atomic E-state index is 12.1. The van der Waals surface area contributed by atoms with Crippen LogP contribution in [0.4, 0.5) is 5.69 Å². The van der Waals surface area contributed by atoms with Crippen molar-refractivity contribution in [3.05, 3.63) is 47.3 Å². The van der Waals surface area contributed by atoms with Gasteiger partial charge in [-0.05, 0) is 26.0 Å². The van der Waals surface area contributed by atoms with Gasteiger partial charge in [-0.2, -0.15) is 5.10 Å². The van der Waals surface area contributed by atoms with Gasteiger partial charge in [0, 0.05) is 12.1 Å². The zero-order chi connectivity index (χ0) is 14.7. The second-order valence-electron chi connectivity index (χ2n) is 4.31. The third kappa shape index (κ3) is 2.54. The average Bonchev–Trinajstić information content (AvgIpc) is 2.76. The van der Waals surface area contributed by atoms with E-state index in [2.05, 4.69) is 10.4 Å².